The van der Waals surface area contributed by atoms with Crippen LogP contribution in [0.1, 0.15) is 0 Å². The highest BCUT2D eigenvalue weighted by Crippen LogP contribution is 2.23. The zero-order valence-electron chi connectivity index (χ0n) is 16.7. The number of nitrogens with zero attached hydrogens (tertiary/aromatic N) is 7. The molecule has 0 unspecified atom stereocenters. The van der Waals surface area contributed by atoms with Crippen LogP contribution in [0.25, 0.3) is 16.9 Å². The van der Waals surface area contributed by atoms with Crippen molar-refractivity contribution in [3.8, 4) is 11.3 Å². The summed E-state index contributed by atoms with van der Waals surface area (Å²) in [7, 11) is 4.08. The molecule has 148 valence electrons. The monoisotopic (exact) mass is 388 g/mol. The van der Waals surface area contributed by atoms with Crippen LogP contribution in [0.2, 0.25) is 0 Å². The highest BCUT2D eigenvalue weighted by atomic mass is 15.4. The molecule has 0 atom stereocenters. The molecule has 4 aromatic rings. The number of piperazine rings is 1. The average molecular weight is 388 g/mol. The summed E-state index contributed by atoms with van der Waals surface area (Å²) in [4.78, 5) is 9.41. The summed E-state index contributed by atoms with van der Waals surface area (Å²) in [5.41, 5.74) is 4.99. The Morgan fingerprint density at radius 1 is 0.931 bits per heavy atom. The molecule has 3 aromatic heterocycles. The fraction of sp³-hybridized carbons (Fsp3) is 0.286. The SMILES string of the molecule is CN1CCN(c2ccc(Nc3nc4cccc(-c5cnn(C)c5)n4n3)cc2)CC1. The number of benzene rings is 1. The molecular formula is C21H24N8. The van der Waals surface area contributed by atoms with Crippen molar-refractivity contribution in [2.24, 2.45) is 7.05 Å². The Hall–Kier alpha value is -3.39. The van der Waals surface area contributed by atoms with Gasteiger partial charge in [0.15, 0.2) is 5.65 Å². The van der Waals surface area contributed by atoms with E-state index in [1.165, 1.54) is 5.69 Å². The quantitative estimate of drug-likeness (QED) is 0.580. The molecule has 1 aliphatic heterocycles. The summed E-state index contributed by atoms with van der Waals surface area (Å²) in [6, 6.07) is 14.4. The smallest absolute Gasteiger partial charge is 0.247 e. The van der Waals surface area contributed by atoms with E-state index in [4.69, 9.17) is 0 Å². The van der Waals surface area contributed by atoms with Gasteiger partial charge in [-0.05, 0) is 43.4 Å². The van der Waals surface area contributed by atoms with Crippen LogP contribution >= 0.6 is 0 Å². The molecule has 5 rings (SSSR count). The van der Waals surface area contributed by atoms with Gasteiger partial charge >= 0.3 is 0 Å². The highest BCUT2D eigenvalue weighted by molar-refractivity contribution is 5.64. The van der Waals surface area contributed by atoms with Crippen molar-refractivity contribution in [3.63, 3.8) is 0 Å². The number of likely N-dealkylation sites (N-methyl/N-ethyl adjacent to an activating group) is 1. The van der Waals surface area contributed by atoms with Gasteiger partial charge in [-0.25, -0.2) is 4.52 Å². The number of fused-ring (bicyclic) bond motifs is 1. The second kappa shape index (κ2) is 7.21. The van der Waals surface area contributed by atoms with Gasteiger partial charge in [0.1, 0.15) is 0 Å². The van der Waals surface area contributed by atoms with Crippen LogP contribution in [0.4, 0.5) is 17.3 Å². The minimum atomic E-state index is 0.577. The minimum Gasteiger partial charge on any atom is -0.369 e. The Balaban J connectivity index is 1.36. The van der Waals surface area contributed by atoms with Gasteiger partial charge in [0.25, 0.3) is 0 Å². The van der Waals surface area contributed by atoms with Crippen LogP contribution in [-0.2, 0) is 7.05 Å². The lowest BCUT2D eigenvalue weighted by Gasteiger charge is -2.34. The molecule has 0 saturated carbocycles. The van der Waals surface area contributed by atoms with Gasteiger partial charge < -0.3 is 15.1 Å². The summed E-state index contributed by atoms with van der Waals surface area (Å²) in [6.45, 7) is 4.33. The third kappa shape index (κ3) is 3.54. The van der Waals surface area contributed by atoms with Crippen molar-refractivity contribution in [1.29, 1.82) is 0 Å². The maximum absolute atomic E-state index is 4.66. The number of hydrogen-bond acceptors (Lipinski definition) is 6. The first-order valence-electron chi connectivity index (χ1n) is 9.81. The van der Waals surface area contributed by atoms with Crippen LogP contribution in [0, 0.1) is 0 Å². The number of aryl methyl sites for hydroxylation is 1. The fourth-order valence-corrected chi connectivity index (χ4v) is 3.68. The number of aromatic nitrogens is 5. The van der Waals surface area contributed by atoms with Crippen LogP contribution < -0.4 is 10.2 Å². The van der Waals surface area contributed by atoms with E-state index in [9.17, 15) is 0 Å². The van der Waals surface area contributed by atoms with Crippen LogP contribution in [0.5, 0.6) is 0 Å². The molecule has 0 amide bonds. The van der Waals surface area contributed by atoms with Gasteiger partial charge in [-0.1, -0.05) is 6.07 Å². The molecule has 0 bridgehead atoms. The van der Waals surface area contributed by atoms with Gasteiger partial charge in [0.2, 0.25) is 5.95 Å². The van der Waals surface area contributed by atoms with Gasteiger partial charge in [0.05, 0.1) is 11.9 Å². The van der Waals surface area contributed by atoms with Gasteiger partial charge in [0, 0.05) is 56.4 Å². The lowest BCUT2D eigenvalue weighted by Crippen LogP contribution is -2.44. The van der Waals surface area contributed by atoms with E-state index in [1.54, 1.807) is 4.68 Å². The lowest BCUT2D eigenvalue weighted by molar-refractivity contribution is 0.313. The topological polar surface area (TPSA) is 66.5 Å². The number of anilines is 3. The van der Waals surface area contributed by atoms with Crippen molar-refractivity contribution >= 4 is 23.0 Å². The summed E-state index contributed by atoms with van der Waals surface area (Å²) in [6.07, 6.45) is 3.81. The van der Waals surface area contributed by atoms with E-state index in [-0.39, 0.29) is 0 Å². The zero-order valence-corrected chi connectivity index (χ0v) is 16.7. The first-order valence-corrected chi connectivity index (χ1v) is 9.81. The summed E-state index contributed by atoms with van der Waals surface area (Å²) >= 11 is 0. The molecule has 0 spiro atoms. The number of hydrogen-bond donors (Lipinski definition) is 1. The molecule has 1 saturated heterocycles. The van der Waals surface area contributed by atoms with E-state index in [1.807, 2.05) is 42.2 Å². The van der Waals surface area contributed by atoms with E-state index in [0.717, 1.165) is 48.8 Å². The van der Waals surface area contributed by atoms with Crippen LogP contribution in [0.15, 0.2) is 54.9 Å². The summed E-state index contributed by atoms with van der Waals surface area (Å²) in [5, 5.41) is 12.2. The molecular weight excluding hydrogens is 364 g/mol. The molecule has 1 aromatic carbocycles. The molecule has 1 aliphatic rings. The highest BCUT2D eigenvalue weighted by Gasteiger charge is 2.14. The Morgan fingerprint density at radius 2 is 1.72 bits per heavy atom. The third-order valence-corrected chi connectivity index (χ3v) is 5.35. The molecule has 29 heavy (non-hydrogen) atoms. The molecule has 8 nitrogen and oxygen atoms in total. The summed E-state index contributed by atoms with van der Waals surface area (Å²) in [5.74, 6) is 0.577. The molecule has 4 heterocycles. The number of pyridine rings is 1. The lowest BCUT2D eigenvalue weighted by atomic mass is 10.2. The van der Waals surface area contributed by atoms with Gasteiger partial charge in [-0.15, -0.1) is 5.10 Å². The van der Waals surface area contributed by atoms with Gasteiger partial charge in [-0.3, -0.25) is 4.68 Å². The van der Waals surface area contributed by atoms with E-state index < -0.39 is 0 Å². The third-order valence-electron chi connectivity index (χ3n) is 5.35. The van der Waals surface area contributed by atoms with Crippen molar-refractivity contribution in [2.45, 2.75) is 0 Å². The fourth-order valence-electron chi connectivity index (χ4n) is 3.68. The minimum absolute atomic E-state index is 0.577. The second-order valence-electron chi connectivity index (χ2n) is 7.48. The molecule has 1 N–H and O–H groups in total. The molecule has 8 heteroatoms. The molecule has 0 aliphatic carbocycles. The van der Waals surface area contributed by atoms with E-state index in [0.29, 0.717) is 5.95 Å². The Bertz CT molecular complexity index is 1120. The Kier molecular flexibility index (Phi) is 4.40. The maximum Gasteiger partial charge on any atom is 0.247 e. The summed E-state index contributed by atoms with van der Waals surface area (Å²) < 4.78 is 3.63. The van der Waals surface area contributed by atoms with Crippen molar-refractivity contribution in [3.05, 3.63) is 54.9 Å². The number of nitrogens with one attached hydrogen (secondary N) is 1. The first kappa shape index (κ1) is 17.7. The largest absolute Gasteiger partial charge is 0.369 e. The van der Waals surface area contributed by atoms with Crippen molar-refractivity contribution < 1.29 is 0 Å². The van der Waals surface area contributed by atoms with Crippen LogP contribution in [0.3, 0.4) is 0 Å². The predicted octanol–water partition coefficient (Wildman–Crippen LogP) is 2.63. The second-order valence-corrected chi connectivity index (χ2v) is 7.48. The van der Waals surface area contributed by atoms with Gasteiger partial charge in [-0.2, -0.15) is 10.1 Å². The van der Waals surface area contributed by atoms with Crippen LogP contribution in [-0.4, -0.2) is 62.5 Å². The Labute approximate surface area is 169 Å². The number of rotatable bonds is 4. The van der Waals surface area contributed by atoms with Crippen molar-refractivity contribution in [1.82, 2.24) is 29.3 Å². The average Bonchev–Trinajstić information content (AvgIpc) is 3.34. The van der Waals surface area contributed by atoms with Crippen molar-refractivity contribution in [2.75, 3.05) is 43.4 Å². The predicted molar refractivity (Wildman–Crippen MR) is 115 cm³/mol. The first-order chi connectivity index (χ1) is 14.2. The van der Waals surface area contributed by atoms with E-state index >= 15 is 0 Å². The molecule has 1 fully saturated rings. The Morgan fingerprint density at radius 3 is 2.45 bits per heavy atom. The normalized spacial score (nSPS) is 15.2. The zero-order chi connectivity index (χ0) is 19.8. The standard InChI is InChI=1S/C21H24N8/c1-26-10-12-28(13-11-26)18-8-6-17(7-9-18)23-21-24-20-5-3-4-19(29(20)25-21)16-14-22-27(2)15-16/h3-9,14-15H,10-13H2,1-2H3,(H,23,25). The van der Waals surface area contributed by atoms with E-state index in [2.05, 4.69) is 61.6 Å². The molecule has 0 radical (unpaired) electrons. The maximum atomic E-state index is 4.66.